The van der Waals surface area contributed by atoms with E-state index in [0.29, 0.717) is 0 Å². The first kappa shape index (κ1) is 61.3. The number of benzene rings is 2. The molecule has 67 heavy (non-hydrogen) atoms. The second-order valence-electron chi connectivity index (χ2n) is 20.4. The summed E-state index contributed by atoms with van der Waals surface area (Å²) in [5, 5.41) is 0. The average molecular weight is 1010 g/mol. The Morgan fingerprint density at radius 2 is 0.612 bits per heavy atom. The molecule has 2 nitrogen and oxygen atoms in total. The van der Waals surface area contributed by atoms with Crippen molar-refractivity contribution in [1.29, 1.82) is 0 Å². The van der Waals surface area contributed by atoms with Gasteiger partial charge in [0.2, 0.25) is 11.4 Å². The van der Waals surface area contributed by atoms with E-state index in [2.05, 4.69) is 90.1 Å². The van der Waals surface area contributed by atoms with Crippen molar-refractivity contribution >= 4 is 11.4 Å². The van der Waals surface area contributed by atoms with Crippen molar-refractivity contribution in [1.82, 2.24) is 0 Å². The molecule has 0 unspecified atom stereocenters. The summed E-state index contributed by atoms with van der Waals surface area (Å²) in [6.07, 6.45) is 54.2. The first-order valence-electron chi connectivity index (χ1n) is 29.6. The molecule has 3 rings (SSSR count). The van der Waals surface area contributed by atoms with Crippen LogP contribution in [0.2, 0.25) is 9.79 Å². The van der Waals surface area contributed by atoms with Crippen LogP contribution in [0, 0.1) is 0 Å². The van der Waals surface area contributed by atoms with Gasteiger partial charge in [-0.1, -0.05) is 129 Å². The van der Waals surface area contributed by atoms with Crippen LogP contribution in [0.25, 0.3) is 16.9 Å². The van der Waals surface area contributed by atoms with Crippen LogP contribution in [0.1, 0.15) is 308 Å². The van der Waals surface area contributed by atoms with E-state index in [0.717, 1.165) is 73.5 Å². The van der Waals surface area contributed by atoms with Gasteiger partial charge in [0.25, 0.3) is 0 Å². The van der Waals surface area contributed by atoms with Gasteiger partial charge in [-0.25, -0.2) is 4.70 Å². The number of hydrogen-bond acceptors (Lipinski definition) is 0. The Morgan fingerprint density at radius 3 is 0.985 bits per heavy atom. The zero-order valence-electron chi connectivity index (χ0n) is 45.5. The summed E-state index contributed by atoms with van der Waals surface area (Å²) in [5.41, 5.74) is 22.0. The molecule has 0 saturated heterocycles. The predicted octanol–water partition coefficient (Wildman–Crippen LogP) is 22.8. The molecule has 3 heteroatoms. The molecule has 0 fully saturated rings. The Morgan fingerprint density at radius 1 is 0.328 bits per heavy atom. The molecular weight excluding hydrogens is 903 g/mol. The maximum atomic E-state index is 12.0. The summed E-state index contributed by atoms with van der Waals surface area (Å²) in [4.78, 5) is 3.09. The third-order valence-electron chi connectivity index (χ3n) is 14.1. The van der Waals surface area contributed by atoms with E-state index in [4.69, 9.17) is 0 Å². The molecule has 1 aliphatic rings. The van der Waals surface area contributed by atoms with Gasteiger partial charge in [0, 0.05) is 22.3 Å². The Kier molecular flexibility index (Phi) is 40.4. The van der Waals surface area contributed by atoms with Crippen molar-refractivity contribution in [2.24, 2.45) is 0 Å². The molecule has 0 amide bonds. The second kappa shape index (κ2) is 44.1. The summed E-state index contributed by atoms with van der Waals surface area (Å²) in [6.45, 7) is 13.7. The van der Waals surface area contributed by atoms with Gasteiger partial charge in [-0.05, 0) is 86.8 Å². The molecule has 0 saturated carbocycles. The summed E-state index contributed by atoms with van der Waals surface area (Å²) < 4.78 is 1.58. The zero-order valence-corrected chi connectivity index (χ0v) is 47.1. The van der Waals surface area contributed by atoms with Crippen molar-refractivity contribution in [3.8, 4) is 0 Å². The van der Waals surface area contributed by atoms with E-state index in [1.54, 1.807) is 14.5 Å². The van der Waals surface area contributed by atoms with Crippen LogP contribution >= 0.6 is 0 Å². The molecule has 2 aromatic carbocycles. The molecular formula is C64H110N2Pd. The van der Waals surface area contributed by atoms with Crippen LogP contribution in [0.15, 0.2) is 59.7 Å². The van der Waals surface area contributed by atoms with Crippen molar-refractivity contribution in [2.75, 3.05) is 0 Å². The second-order valence-corrected chi connectivity index (χ2v) is 22.8. The van der Waals surface area contributed by atoms with E-state index in [1.165, 1.54) is 246 Å². The van der Waals surface area contributed by atoms with Gasteiger partial charge in [0.05, 0.1) is 0 Å². The van der Waals surface area contributed by atoms with Crippen molar-refractivity contribution in [3.05, 3.63) is 87.5 Å². The molecule has 0 aromatic heterocycles. The van der Waals surface area contributed by atoms with Gasteiger partial charge in [-0.2, -0.15) is 0 Å². The molecule has 386 valence electrons. The summed E-state index contributed by atoms with van der Waals surface area (Å²) in [6, 6.07) is 18.1. The normalized spacial score (nSPS) is 12.8. The van der Waals surface area contributed by atoms with E-state index in [-0.39, 0.29) is 0 Å². The Bertz CT molecular complexity index is 1510. The third kappa shape index (κ3) is 29.2. The average Bonchev–Trinajstić information content (AvgIpc) is 3.63. The summed E-state index contributed by atoms with van der Waals surface area (Å²) in [7, 11) is 0. The van der Waals surface area contributed by atoms with Crippen LogP contribution in [0.3, 0.4) is 0 Å². The number of rotatable bonds is 44. The predicted molar refractivity (Wildman–Crippen MR) is 297 cm³/mol. The topological polar surface area (TPSA) is 25.3 Å². The van der Waals surface area contributed by atoms with Crippen molar-refractivity contribution < 1.29 is 22.7 Å². The van der Waals surface area contributed by atoms with E-state index in [1.807, 2.05) is 0 Å². The summed E-state index contributed by atoms with van der Waals surface area (Å²) in [5.74, 6) is 0. The Balaban J connectivity index is 0.000000528. The van der Waals surface area contributed by atoms with E-state index in [9.17, 15) is 5.53 Å². The van der Waals surface area contributed by atoms with Gasteiger partial charge < -0.3 is 5.53 Å². The molecule has 0 atom stereocenters. The van der Waals surface area contributed by atoms with Crippen molar-refractivity contribution in [2.45, 2.75) is 308 Å². The minimum atomic E-state index is 1.02. The Hall–Kier alpha value is -1.82. The summed E-state index contributed by atoms with van der Waals surface area (Å²) >= 11 is 1.07. The molecule has 0 N–H and O–H groups in total. The third-order valence-corrected chi connectivity index (χ3v) is 16.3. The van der Waals surface area contributed by atoms with Crippen LogP contribution in [0.5, 0.6) is 0 Å². The SMILES string of the molecule is CCCCCCCCC1=C(c2cccc(CCCCCCCC)c2)[N+](=[N-])C(c2cccc(CCCC)c2)=C1CCCC.CCCCCCCCCCC[CH2][Pd][CH2]CCCCCCCCCCC. The molecule has 2 aromatic rings. The number of unbranched alkanes of at least 4 members (excludes halogenated alkanes) is 30. The number of allylic oxidation sites excluding steroid dienone is 2. The van der Waals surface area contributed by atoms with Gasteiger partial charge >= 0.3 is 170 Å². The molecule has 0 aliphatic carbocycles. The monoisotopic (exact) mass is 1010 g/mol. The standard InChI is InChI=1S/C40H60N2.2C12H25.Pd/c1-5-9-13-15-17-19-24-34-26-22-28-36(32-34)40-38(30-20-18-16-14-10-6-2)37(29-12-8-4)39(42(40)41)35-27-21-25-33(31-35)23-11-7-3;2*1-3-5-7-9-11-12-10-8-6-4-2;/h21-22,25-28,31-32H,5-20,23-24,29-30H2,1-4H3;2*1,3-12H2,2H3;. The van der Waals surface area contributed by atoms with Gasteiger partial charge in [0.15, 0.2) is 0 Å². The van der Waals surface area contributed by atoms with Crippen molar-refractivity contribution in [3.63, 3.8) is 0 Å². The van der Waals surface area contributed by atoms with Crippen LogP contribution in [-0.2, 0) is 30.8 Å². The number of aryl methyl sites for hydroxylation is 2. The van der Waals surface area contributed by atoms with E-state index >= 15 is 0 Å². The maximum absolute atomic E-state index is 12.0. The van der Waals surface area contributed by atoms with Gasteiger partial charge in [-0.3, -0.25) is 0 Å². The fourth-order valence-electron chi connectivity index (χ4n) is 9.83. The van der Waals surface area contributed by atoms with Gasteiger partial charge in [0.1, 0.15) is 0 Å². The van der Waals surface area contributed by atoms with Crippen LogP contribution in [-0.4, -0.2) is 4.70 Å². The molecule has 0 radical (unpaired) electrons. The fraction of sp³-hybridized carbons (Fsp3) is 0.750. The van der Waals surface area contributed by atoms with Crippen LogP contribution < -0.4 is 0 Å². The number of nitrogens with zero attached hydrogens (tertiary/aromatic N) is 2. The Labute approximate surface area is 427 Å². The number of hydrogen-bond donors (Lipinski definition) is 0. The molecule has 1 heterocycles. The molecule has 1 aliphatic heterocycles. The minimum absolute atomic E-state index is 1.02. The quantitative estimate of drug-likeness (QED) is 0.0359. The van der Waals surface area contributed by atoms with E-state index < -0.39 is 0 Å². The van der Waals surface area contributed by atoms with Gasteiger partial charge in [-0.15, -0.1) is 0 Å². The zero-order chi connectivity index (χ0) is 48.3. The first-order chi connectivity index (χ1) is 33.1. The first-order valence-corrected chi connectivity index (χ1v) is 31.8. The fourth-order valence-corrected chi connectivity index (χ4v) is 11.8. The van der Waals surface area contributed by atoms with Crippen LogP contribution in [0.4, 0.5) is 0 Å². The molecule has 0 spiro atoms. The molecule has 0 bridgehead atoms.